The Labute approximate surface area is 199 Å². The minimum absolute atomic E-state index is 0. The van der Waals surface area contributed by atoms with E-state index in [-0.39, 0.29) is 41.7 Å². The van der Waals surface area contributed by atoms with E-state index < -0.39 is 0 Å². The lowest BCUT2D eigenvalue weighted by molar-refractivity contribution is 0.0955. The Morgan fingerprint density at radius 2 is 2.03 bits per heavy atom. The quantitative estimate of drug-likeness (QED) is 0.286. The number of carbonyl (C=O) groups is 1. The fourth-order valence-electron chi connectivity index (χ4n) is 3.44. The van der Waals surface area contributed by atoms with Crippen LogP contribution in [0.15, 0.2) is 47.6 Å². The minimum Gasteiger partial charge on any atom is -0.357 e. The van der Waals surface area contributed by atoms with Gasteiger partial charge in [0.15, 0.2) is 17.6 Å². The number of amides is 1. The van der Waals surface area contributed by atoms with E-state index in [0.717, 1.165) is 25.1 Å². The zero-order valence-electron chi connectivity index (χ0n) is 17.9. The van der Waals surface area contributed by atoms with Gasteiger partial charge in [-0.15, -0.1) is 24.0 Å². The molecule has 1 atom stereocenters. The summed E-state index contributed by atoms with van der Waals surface area (Å²) in [7, 11) is 0. The number of benzene rings is 1. The first-order valence-corrected chi connectivity index (χ1v) is 10.4. The summed E-state index contributed by atoms with van der Waals surface area (Å²) < 4.78 is 14.0. The van der Waals surface area contributed by atoms with Crippen LogP contribution >= 0.6 is 24.0 Å². The Morgan fingerprint density at radius 3 is 2.77 bits per heavy atom. The second-order valence-electron chi connectivity index (χ2n) is 7.14. The van der Waals surface area contributed by atoms with Crippen molar-refractivity contribution in [3.8, 4) is 0 Å². The van der Waals surface area contributed by atoms with E-state index in [1.54, 1.807) is 18.3 Å². The fraction of sp³-hybridized carbons (Fsp3) is 0.409. The molecule has 168 valence electrons. The molecule has 0 saturated carbocycles. The van der Waals surface area contributed by atoms with E-state index in [0.29, 0.717) is 37.0 Å². The maximum Gasteiger partial charge on any atom is 0.251 e. The predicted molar refractivity (Wildman–Crippen MR) is 133 cm³/mol. The molecular weight excluding hydrogens is 510 g/mol. The highest BCUT2D eigenvalue weighted by atomic mass is 127. The Bertz CT molecular complexity index is 894. The lowest BCUT2D eigenvalue weighted by Gasteiger charge is -2.20. The molecule has 1 saturated heterocycles. The molecule has 1 aromatic heterocycles. The molecule has 1 aromatic carbocycles. The standard InChI is InChI=1S/C22H29FN6O.HI/c1-3-24-21(30)17-8-5-7-16(13-17)14-27-22(25-4-2)28-18-10-12-29(15-18)20-19(23)9-6-11-26-20;/h5-9,11,13,18H,3-4,10,12,14-15H2,1-2H3,(H,24,30)(H2,25,27,28);1H. The summed E-state index contributed by atoms with van der Waals surface area (Å²) in [6.07, 6.45) is 2.48. The molecule has 1 fully saturated rings. The van der Waals surface area contributed by atoms with Gasteiger partial charge in [-0.1, -0.05) is 12.1 Å². The van der Waals surface area contributed by atoms with Crippen molar-refractivity contribution >= 4 is 41.7 Å². The van der Waals surface area contributed by atoms with Crippen LogP contribution in [0.5, 0.6) is 0 Å². The molecule has 1 amide bonds. The molecule has 0 bridgehead atoms. The first kappa shape index (κ1) is 24.8. The van der Waals surface area contributed by atoms with Crippen LogP contribution in [0.1, 0.15) is 36.2 Å². The average molecular weight is 540 g/mol. The molecule has 1 aliphatic rings. The number of nitrogens with zero attached hydrogens (tertiary/aromatic N) is 3. The Kier molecular flexibility index (Phi) is 9.96. The van der Waals surface area contributed by atoms with Crippen molar-refractivity contribution in [2.24, 2.45) is 4.99 Å². The second kappa shape index (κ2) is 12.4. The summed E-state index contributed by atoms with van der Waals surface area (Å²) in [6, 6.07) is 10.7. The summed E-state index contributed by atoms with van der Waals surface area (Å²) in [4.78, 5) is 22.8. The number of rotatable bonds is 7. The van der Waals surface area contributed by atoms with E-state index in [2.05, 4.69) is 25.9 Å². The van der Waals surface area contributed by atoms with Crippen LogP contribution in [0.3, 0.4) is 0 Å². The van der Waals surface area contributed by atoms with Crippen LogP contribution in [0.2, 0.25) is 0 Å². The van der Waals surface area contributed by atoms with Crippen LogP contribution in [0.25, 0.3) is 0 Å². The maximum atomic E-state index is 14.0. The molecule has 7 nitrogen and oxygen atoms in total. The molecule has 0 spiro atoms. The number of hydrogen-bond acceptors (Lipinski definition) is 4. The van der Waals surface area contributed by atoms with Gasteiger partial charge in [-0.25, -0.2) is 14.4 Å². The second-order valence-corrected chi connectivity index (χ2v) is 7.14. The average Bonchev–Trinajstić information content (AvgIpc) is 3.21. The Balaban J connectivity index is 0.00000341. The third-order valence-electron chi connectivity index (χ3n) is 4.86. The number of guanidine groups is 1. The molecule has 3 N–H and O–H groups in total. The first-order chi connectivity index (χ1) is 14.6. The van der Waals surface area contributed by atoms with Crippen LogP contribution in [0.4, 0.5) is 10.2 Å². The first-order valence-electron chi connectivity index (χ1n) is 10.4. The van der Waals surface area contributed by atoms with E-state index >= 15 is 0 Å². The molecule has 3 rings (SSSR count). The van der Waals surface area contributed by atoms with Gasteiger partial charge in [0.25, 0.3) is 5.91 Å². The van der Waals surface area contributed by atoms with Crippen molar-refractivity contribution in [2.45, 2.75) is 32.9 Å². The molecule has 0 radical (unpaired) electrons. The van der Waals surface area contributed by atoms with Crippen LogP contribution < -0.4 is 20.9 Å². The number of aromatic nitrogens is 1. The van der Waals surface area contributed by atoms with Crippen molar-refractivity contribution in [2.75, 3.05) is 31.1 Å². The molecule has 31 heavy (non-hydrogen) atoms. The molecule has 1 aliphatic heterocycles. The molecule has 0 aliphatic carbocycles. The number of pyridine rings is 1. The van der Waals surface area contributed by atoms with E-state index in [1.807, 2.05) is 36.9 Å². The highest BCUT2D eigenvalue weighted by Crippen LogP contribution is 2.20. The Morgan fingerprint density at radius 1 is 1.23 bits per heavy atom. The summed E-state index contributed by atoms with van der Waals surface area (Å²) in [5.74, 6) is 0.715. The number of aliphatic imine (C=N–C) groups is 1. The topological polar surface area (TPSA) is 81.6 Å². The van der Waals surface area contributed by atoms with Crippen molar-refractivity contribution in [1.29, 1.82) is 0 Å². The molecule has 2 heterocycles. The highest BCUT2D eigenvalue weighted by molar-refractivity contribution is 14.0. The van der Waals surface area contributed by atoms with Gasteiger partial charge < -0.3 is 20.9 Å². The smallest absolute Gasteiger partial charge is 0.251 e. The molecule has 2 aromatic rings. The van der Waals surface area contributed by atoms with Gasteiger partial charge in [-0.2, -0.15) is 0 Å². The van der Waals surface area contributed by atoms with Crippen molar-refractivity contribution in [1.82, 2.24) is 20.9 Å². The Hall–Kier alpha value is -2.43. The third-order valence-corrected chi connectivity index (χ3v) is 4.86. The summed E-state index contributed by atoms with van der Waals surface area (Å²) in [5.41, 5.74) is 1.59. The van der Waals surface area contributed by atoms with Crippen molar-refractivity contribution in [3.63, 3.8) is 0 Å². The number of nitrogens with one attached hydrogen (secondary N) is 3. The van der Waals surface area contributed by atoms with Crippen LogP contribution in [0, 0.1) is 5.82 Å². The van der Waals surface area contributed by atoms with E-state index in [9.17, 15) is 9.18 Å². The predicted octanol–water partition coefficient (Wildman–Crippen LogP) is 2.92. The van der Waals surface area contributed by atoms with Gasteiger partial charge in [0.1, 0.15) is 0 Å². The van der Waals surface area contributed by atoms with Gasteiger partial charge in [0.2, 0.25) is 0 Å². The van der Waals surface area contributed by atoms with Crippen LogP contribution in [-0.4, -0.2) is 49.1 Å². The van der Waals surface area contributed by atoms with Crippen LogP contribution in [-0.2, 0) is 6.54 Å². The van der Waals surface area contributed by atoms with Gasteiger partial charge in [-0.05, 0) is 50.1 Å². The molecule has 9 heteroatoms. The maximum absolute atomic E-state index is 14.0. The minimum atomic E-state index is -0.300. The van der Waals surface area contributed by atoms with Crippen molar-refractivity contribution in [3.05, 3.63) is 59.5 Å². The summed E-state index contributed by atoms with van der Waals surface area (Å²) in [6.45, 7) is 7.08. The normalized spacial score (nSPS) is 15.9. The zero-order chi connectivity index (χ0) is 21.3. The lowest BCUT2D eigenvalue weighted by atomic mass is 10.1. The van der Waals surface area contributed by atoms with E-state index in [4.69, 9.17) is 0 Å². The third kappa shape index (κ3) is 7.05. The monoisotopic (exact) mass is 540 g/mol. The molecular formula is C22H30FIN6O. The summed E-state index contributed by atoms with van der Waals surface area (Å²) >= 11 is 0. The van der Waals surface area contributed by atoms with Gasteiger partial charge in [-0.3, -0.25) is 4.79 Å². The molecule has 1 unspecified atom stereocenters. The zero-order valence-corrected chi connectivity index (χ0v) is 20.2. The SMILES string of the molecule is CCNC(=O)c1cccc(CN=C(NCC)NC2CCN(c3ncccc3F)C2)c1.I. The summed E-state index contributed by atoms with van der Waals surface area (Å²) in [5, 5.41) is 9.49. The van der Waals surface area contributed by atoms with Gasteiger partial charge >= 0.3 is 0 Å². The largest absolute Gasteiger partial charge is 0.357 e. The number of halogens is 2. The van der Waals surface area contributed by atoms with E-state index in [1.165, 1.54) is 6.07 Å². The number of hydrogen-bond donors (Lipinski definition) is 3. The highest BCUT2D eigenvalue weighted by Gasteiger charge is 2.25. The lowest BCUT2D eigenvalue weighted by Crippen LogP contribution is -2.44. The van der Waals surface area contributed by atoms with Crippen molar-refractivity contribution < 1.29 is 9.18 Å². The fourth-order valence-corrected chi connectivity index (χ4v) is 3.44. The number of carbonyl (C=O) groups excluding carboxylic acids is 1. The van der Waals surface area contributed by atoms with Gasteiger partial charge in [0.05, 0.1) is 6.54 Å². The van der Waals surface area contributed by atoms with Gasteiger partial charge in [0, 0.05) is 44.0 Å². The number of anilines is 1.